The summed E-state index contributed by atoms with van der Waals surface area (Å²) in [6.45, 7) is 2.24. The van der Waals surface area contributed by atoms with E-state index in [0.717, 1.165) is 11.3 Å². The molecule has 0 aliphatic heterocycles. The molecule has 0 radical (unpaired) electrons. The first-order valence-corrected chi connectivity index (χ1v) is 4.58. The van der Waals surface area contributed by atoms with E-state index in [9.17, 15) is 5.11 Å². The van der Waals surface area contributed by atoms with Crippen molar-refractivity contribution < 1.29 is 9.84 Å². The molecule has 74 valence electrons. The van der Waals surface area contributed by atoms with Crippen molar-refractivity contribution in [3.05, 3.63) is 29.8 Å². The molecule has 0 fully saturated rings. The second-order valence-corrected chi connectivity index (χ2v) is 3.05. The lowest BCUT2D eigenvalue weighted by Crippen LogP contribution is -1.97. The van der Waals surface area contributed by atoms with Crippen LogP contribution < -0.4 is 4.74 Å². The van der Waals surface area contributed by atoms with Gasteiger partial charge in [0.25, 0.3) is 0 Å². The van der Waals surface area contributed by atoms with E-state index in [-0.39, 0.29) is 0 Å². The van der Waals surface area contributed by atoms with Gasteiger partial charge in [0.2, 0.25) is 0 Å². The molecule has 0 aliphatic carbocycles. The summed E-state index contributed by atoms with van der Waals surface area (Å²) in [5.74, 6) is 3.25. The van der Waals surface area contributed by atoms with Crippen LogP contribution in [0.5, 0.6) is 5.75 Å². The predicted octanol–water partition coefficient (Wildman–Crippen LogP) is 2.14. The maximum Gasteiger partial charge on any atom is 0.119 e. The molecule has 0 aromatic heterocycles. The lowest BCUT2D eigenvalue weighted by atomic mass is 10.1. The van der Waals surface area contributed by atoms with E-state index in [1.807, 2.05) is 24.3 Å². The second-order valence-electron chi connectivity index (χ2n) is 3.05. The molecule has 1 N–H and O–H groups in total. The zero-order valence-electron chi connectivity index (χ0n) is 8.23. The molecule has 0 amide bonds. The summed E-state index contributed by atoms with van der Waals surface area (Å²) in [4.78, 5) is 0. The topological polar surface area (TPSA) is 29.5 Å². The Labute approximate surface area is 84.5 Å². The van der Waals surface area contributed by atoms with Crippen LogP contribution in [-0.4, -0.2) is 11.7 Å². The Morgan fingerprint density at radius 2 is 2.36 bits per heavy atom. The molecule has 1 atom stereocenters. The van der Waals surface area contributed by atoms with Gasteiger partial charge in [-0.1, -0.05) is 12.1 Å². The van der Waals surface area contributed by atoms with Crippen molar-refractivity contribution in [2.45, 2.75) is 19.4 Å². The number of rotatable bonds is 4. The molecule has 2 heteroatoms. The van der Waals surface area contributed by atoms with E-state index in [2.05, 4.69) is 5.92 Å². The molecule has 0 bridgehead atoms. The molecular formula is C12H14O2. The SMILES string of the molecule is C#CCCOc1cccc([C@H](C)O)c1. The van der Waals surface area contributed by atoms with Gasteiger partial charge < -0.3 is 9.84 Å². The Morgan fingerprint density at radius 1 is 1.57 bits per heavy atom. The Hall–Kier alpha value is -1.46. The van der Waals surface area contributed by atoms with Crippen molar-refractivity contribution in [3.63, 3.8) is 0 Å². The van der Waals surface area contributed by atoms with Gasteiger partial charge in [0.15, 0.2) is 0 Å². The van der Waals surface area contributed by atoms with Crippen LogP contribution in [0.3, 0.4) is 0 Å². The third-order valence-electron chi connectivity index (χ3n) is 1.86. The van der Waals surface area contributed by atoms with E-state index >= 15 is 0 Å². The molecule has 0 spiro atoms. The zero-order chi connectivity index (χ0) is 10.4. The molecular weight excluding hydrogens is 176 g/mol. The zero-order valence-corrected chi connectivity index (χ0v) is 8.23. The van der Waals surface area contributed by atoms with Crippen LogP contribution in [-0.2, 0) is 0 Å². The van der Waals surface area contributed by atoms with Crippen molar-refractivity contribution in [2.75, 3.05) is 6.61 Å². The summed E-state index contributed by atoms with van der Waals surface area (Å²) < 4.78 is 5.38. The van der Waals surface area contributed by atoms with Gasteiger partial charge in [-0.3, -0.25) is 0 Å². The van der Waals surface area contributed by atoms with Crippen molar-refractivity contribution >= 4 is 0 Å². The van der Waals surface area contributed by atoms with Gasteiger partial charge in [0, 0.05) is 6.42 Å². The standard InChI is InChI=1S/C12H14O2/c1-3-4-8-14-12-7-5-6-11(9-12)10(2)13/h1,5-7,9-10,13H,4,8H2,2H3/t10-/m0/s1. The minimum Gasteiger partial charge on any atom is -0.493 e. The number of aliphatic hydroxyl groups is 1. The highest BCUT2D eigenvalue weighted by Gasteiger charge is 2.01. The lowest BCUT2D eigenvalue weighted by molar-refractivity contribution is 0.198. The predicted molar refractivity (Wildman–Crippen MR) is 56.0 cm³/mol. The fraction of sp³-hybridized carbons (Fsp3) is 0.333. The normalized spacial score (nSPS) is 11.8. The summed E-state index contributed by atoms with van der Waals surface area (Å²) in [5.41, 5.74) is 0.850. The van der Waals surface area contributed by atoms with E-state index in [1.54, 1.807) is 6.92 Å². The largest absolute Gasteiger partial charge is 0.493 e. The highest BCUT2D eigenvalue weighted by Crippen LogP contribution is 2.18. The smallest absolute Gasteiger partial charge is 0.119 e. The highest BCUT2D eigenvalue weighted by molar-refractivity contribution is 5.29. The number of hydrogen-bond acceptors (Lipinski definition) is 2. The third-order valence-corrected chi connectivity index (χ3v) is 1.86. The average molecular weight is 190 g/mol. The number of ether oxygens (including phenoxy) is 1. The van der Waals surface area contributed by atoms with Crippen molar-refractivity contribution in [2.24, 2.45) is 0 Å². The second kappa shape index (κ2) is 5.31. The van der Waals surface area contributed by atoms with Gasteiger partial charge >= 0.3 is 0 Å². The first kappa shape index (κ1) is 10.6. The molecule has 1 aromatic rings. The van der Waals surface area contributed by atoms with Gasteiger partial charge in [0.1, 0.15) is 5.75 Å². The third kappa shape index (κ3) is 3.12. The number of hydrogen-bond donors (Lipinski definition) is 1. The molecule has 0 aliphatic rings. The Bertz CT molecular complexity index is 323. The first-order chi connectivity index (χ1) is 6.74. The first-order valence-electron chi connectivity index (χ1n) is 4.58. The summed E-state index contributed by atoms with van der Waals surface area (Å²) in [7, 11) is 0. The fourth-order valence-electron chi connectivity index (χ4n) is 1.09. The van der Waals surface area contributed by atoms with E-state index in [0.29, 0.717) is 13.0 Å². The molecule has 2 nitrogen and oxygen atoms in total. The van der Waals surface area contributed by atoms with Gasteiger partial charge in [0.05, 0.1) is 12.7 Å². The number of benzene rings is 1. The highest BCUT2D eigenvalue weighted by atomic mass is 16.5. The summed E-state index contributed by atoms with van der Waals surface area (Å²) >= 11 is 0. The van der Waals surface area contributed by atoms with Gasteiger partial charge in [-0.05, 0) is 24.6 Å². The molecule has 0 saturated carbocycles. The van der Waals surface area contributed by atoms with Crippen LogP contribution in [0, 0.1) is 12.3 Å². The molecule has 0 saturated heterocycles. The summed E-state index contributed by atoms with van der Waals surface area (Å²) in [6.07, 6.45) is 5.23. The molecule has 0 unspecified atom stereocenters. The average Bonchev–Trinajstić information content (AvgIpc) is 2.19. The van der Waals surface area contributed by atoms with Crippen molar-refractivity contribution in [1.82, 2.24) is 0 Å². The molecule has 14 heavy (non-hydrogen) atoms. The van der Waals surface area contributed by atoms with Gasteiger partial charge in [-0.25, -0.2) is 0 Å². The summed E-state index contributed by atoms with van der Waals surface area (Å²) in [5, 5.41) is 9.33. The van der Waals surface area contributed by atoms with E-state index in [4.69, 9.17) is 11.2 Å². The van der Waals surface area contributed by atoms with Crippen LogP contribution in [0.25, 0.3) is 0 Å². The maximum absolute atomic E-state index is 9.33. The number of terminal acetylenes is 1. The van der Waals surface area contributed by atoms with E-state index < -0.39 is 6.10 Å². The lowest BCUT2D eigenvalue weighted by Gasteiger charge is -2.08. The van der Waals surface area contributed by atoms with Crippen molar-refractivity contribution in [3.8, 4) is 18.1 Å². The quantitative estimate of drug-likeness (QED) is 0.582. The number of aliphatic hydroxyl groups excluding tert-OH is 1. The van der Waals surface area contributed by atoms with Crippen LogP contribution in [0.2, 0.25) is 0 Å². The summed E-state index contributed by atoms with van der Waals surface area (Å²) in [6, 6.07) is 7.38. The Balaban J connectivity index is 2.60. The molecule has 1 aromatic carbocycles. The van der Waals surface area contributed by atoms with E-state index in [1.165, 1.54) is 0 Å². The Morgan fingerprint density at radius 3 is 3.00 bits per heavy atom. The minimum atomic E-state index is -0.466. The molecule has 1 rings (SSSR count). The van der Waals surface area contributed by atoms with Gasteiger partial charge in [-0.15, -0.1) is 12.3 Å². The van der Waals surface area contributed by atoms with Crippen molar-refractivity contribution in [1.29, 1.82) is 0 Å². The van der Waals surface area contributed by atoms with Gasteiger partial charge in [-0.2, -0.15) is 0 Å². The van der Waals surface area contributed by atoms with Crippen LogP contribution >= 0.6 is 0 Å². The molecule has 0 heterocycles. The van der Waals surface area contributed by atoms with Crippen LogP contribution in [0.15, 0.2) is 24.3 Å². The van der Waals surface area contributed by atoms with Crippen LogP contribution in [0.1, 0.15) is 25.0 Å². The minimum absolute atomic E-state index is 0.466. The fourth-order valence-corrected chi connectivity index (χ4v) is 1.09. The monoisotopic (exact) mass is 190 g/mol. The van der Waals surface area contributed by atoms with Crippen LogP contribution in [0.4, 0.5) is 0 Å². The Kier molecular flexibility index (Phi) is 4.03. The maximum atomic E-state index is 9.33.